The number of phosphoric acid groups is 2. The minimum atomic E-state index is -4.95. The van der Waals surface area contributed by atoms with Gasteiger partial charge in [-0.1, -0.05) is 313 Å². The number of esters is 3. The van der Waals surface area contributed by atoms with E-state index in [1.807, 2.05) is 0 Å². The highest BCUT2D eigenvalue weighted by molar-refractivity contribution is 7.47. The molecule has 0 aromatic heterocycles. The van der Waals surface area contributed by atoms with Crippen LogP contribution in [-0.2, 0) is 55.8 Å². The lowest BCUT2D eigenvalue weighted by atomic mass is 10.0. The summed E-state index contributed by atoms with van der Waals surface area (Å²) in [5, 5.41) is 20.7. The number of aliphatic hydroxyl groups is 2. The average Bonchev–Trinajstić information content (AvgIpc) is 0.907. The van der Waals surface area contributed by atoms with Crippen LogP contribution in [0.15, 0.2) is 170 Å². The van der Waals surface area contributed by atoms with Crippen LogP contribution in [0.1, 0.15) is 316 Å². The maximum absolute atomic E-state index is 13.0. The van der Waals surface area contributed by atoms with Crippen LogP contribution < -0.4 is 0 Å². The van der Waals surface area contributed by atoms with Gasteiger partial charge in [0.15, 0.2) is 6.10 Å². The molecule has 0 saturated heterocycles. The minimum absolute atomic E-state index is 0.0672. The molecule has 0 spiro atoms. The quantitative estimate of drug-likeness (QED) is 0.0146. The lowest BCUT2D eigenvalue weighted by Crippen LogP contribution is -2.30. The second-order valence-corrected chi connectivity index (χ2v) is 30.1. The van der Waals surface area contributed by atoms with Crippen molar-refractivity contribution in [3.05, 3.63) is 170 Å². The van der Waals surface area contributed by atoms with Gasteiger partial charge in [0.25, 0.3) is 0 Å². The molecule has 0 bridgehead atoms. The predicted molar refractivity (Wildman–Crippen MR) is 445 cm³/mol. The highest BCUT2D eigenvalue weighted by Crippen LogP contribution is 2.45. The first-order valence-corrected chi connectivity index (χ1v) is 44.4. The monoisotopic (exact) mass is 1540 g/mol. The van der Waals surface area contributed by atoms with Crippen molar-refractivity contribution in [3.8, 4) is 0 Å². The second kappa shape index (κ2) is 80.4. The summed E-state index contributed by atoms with van der Waals surface area (Å²) >= 11 is 0. The first-order valence-electron chi connectivity index (χ1n) is 41.4. The van der Waals surface area contributed by atoms with Gasteiger partial charge in [0, 0.05) is 19.3 Å². The second-order valence-electron chi connectivity index (χ2n) is 27.2. The zero-order valence-electron chi connectivity index (χ0n) is 66.7. The van der Waals surface area contributed by atoms with Gasteiger partial charge < -0.3 is 34.2 Å². The van der Waals surface area contributed by atoms with E-state index in [0.29, 0.717) is 19.3 Å². The number of unbranched alkanes of at least 4 members (excludes halogenated alkanes) is 26. The third-order valence-corrected chi connectivity index (χ3v) is 18.8. The minimum Gasteiger partial charge on any atom is -0.463 e. The summed E-state index contributed by atoms with van der Waals surface area (Å²) in [6.07, 6.45) is 103. The Morgan fingerprint density at radius 2 is 0.495 bits per heavy atom. The normalized spacial score (nSPS) is 14.8. The molecule has 18 heteroatoms. The van der Waals surface area contributed by atoms with Gasteiger partial charge in [0.05, 0.1) is 26.4 Å². The van der Waals surface area contributed by atoms with Crippen molar-refractivity contribution in [1.29, 1.82) is 0 Å². The fourth-order valence-corrected chi connectivity index (χ4v) is 12.3. The smallest absolute Gasteiger partial charge is 0.463 e. The lowest BCUT2D eigenvalue weighted by Gasteiger charge is -2.21. The largest absolute Gasteiger partial charge is 0.472 e. The number of hydrogen-bond acceptors (Lipinski definition) is 14. The van der Waals surface area contributed by atoms with Crippen LogP contribution in [0.5, 0.6) is 0 Å². The number of allylic oxidation sites excluding steroid dienone is 28. The Bertz CT molecular complexity index is 2620. The van der Waals surface area contributed by atoms with E-state index in [2.05, 4.69) is 191 Å². The van der Waals surface area contributed by atoms with Crippen LogP contribution in [-0.4, -0.2) is 95.9 Å². The highest BCUT2D eigenvalue weighted by atomic mass is 31.2. The van der Waals surface area contributed by atoms with Gasteiger partial charge >= 0.3 is 33.6 Å². The summed E-state index contributed by atoms with van der Waals surface area (Å²) in [6.45, 7) is 2.37. The van der Waals surface area contributed by atoms with Gasteiger partial charge in [-0.15, -0.1) is 0 Å². The van der Waals surface area contributed by atoms with E-state index in [1.54, 1.807) is 0 Å². The topological polar surface area (TPSA) is 231 Å². The summed E-state index contributed by atoms with van der Waals surface area (Å²) in [6, 6.07) is 0. The maximum atomic E-state index is 13.0. The number of phosphoric ester groups is 2. The molecule has 0 amide bonds. The van der Waals surface area contributed by atoms with Crippen LogP contribution in [0.4, 0.5) is 0 Å². The van der Waals surface area contributed by atoms with Crippen molar-refractivity contribution in [3.63, 3.8) is 0 Å². The van der Waals surface area contributed by atoms with E-state index < -0.39 is 91.5 Å². The average molecular weight is 1540 g/mol. The number of carbonyl (C=O) groups excluding carboxylic acids is 3. The molecule has 610 valence electrons. The standard InChI is InChI=1S/C89H148O16P2/c1-4-7-10-13-16-19-22-25-28-31-33-35-36-37-38-39-40-41-42-43-44-45-46-48-50-52-54-57-60-63-66-69-72-75-87(92)99-78-84(90)79-101-106(95,96)102-80-85(91)81-103-107(97,98)104-83-86(105-89(94)77-74-71-68-65-62-59-56-51-30-27-24-21-18-15-12-9-6-3)82-100-88(93)76-73-70-67-64-61-58-55-53-49-47-34-32-29-26-23-20-17-14-11-8-5-2/h7,9-10,12,16-21,25-30,33-35,37-38,40-41,47,53,55-56,59,84-86,90-91H,4-6,8,11,13-15,22-24,31-32,36,39,42-46,48-52,54,57-58,60-83H2,1-3H3,(H,95,96)(H,97,98)/b10-7-,12-9-,19-16-,20-17-,21-18-,28-25-,29-26-,30-27-,35-33-,38-37-,41-40-,47-34-,55-53-,59-56-. The molecular weight excluding hydrogens is 1390 g/mol. The number of aliphatic hydroxyl groups excluding tert-OH is 2. The van der Waals surface area contributed by atoms with E-state index in [9.17, 15) is 43.5 Å². The molecule has 0 radical (unpaired) electrons. The van der Waals surface area contributed by atoms with Crippen LogP contribution in [0.3, 0.4) is 0 Å². The van der Waals surface area contributed by atoms with Crippen LogP contribution >= 0.6 is 15.6 Å². The first kappa shape index (κ1) is 102. The molecule has 0 saturated carbocycles. The molecule has 107 heavy (non-hydrogen) atoms. The molecule has 0 fully saturated rings. The molecule has 5 atom stereocenters. The van der Waals surface area contributed by atoms with Crippen molar-refractivity contribution in [2.45, 2.75) is 334 Å². The molecule has 0 aromatic rings. The third-order valence-electron chi connectivity index (χ3n) is 16.9. The number of hydrogen-bond donors (Lipinski definition) is 4. The molecule has 5 unspecified atom stereocenters. The molecule has 0 aliphatic heterocycles. The Kier molecular flexibility index (Phi) is 76.6. The molecule has 0 aliphatic carbocycles. The molecule has 0 aliphatic rings. The van der Waals surface area contributed by atoms with Crippen LogP contribution in [0, 0.1) is 0 Å². The van der Waals surface area contributed by atoms with E-state index >= 15 is 0 Å². The van der Waals surface area contributed by atoms with Crippen molar-refractivity contribution in [1.82, 2.24) is 0 Å². The van der Waals surface area contributed by atoms with Gasteiger partial charge in [-0.25, -0.2) is 9.13 Å². The zero-order chi connectivity index (χ0) is 78.0. The number of rotatable bonds is 77. The molecule has 0 aromatic carbocycles. The van der Waals surface area contributed by atoms with E-state index in [-0.39, 0.29) is 19.3 Å². The SMILES string of the molecule is CC/C=C\C/C=C\C/C=C\C/C=C\C/C=C\C/C=C\CCCCCCCCCCCCCCCCC(=O)OCC(O)COP(=O)(O)OCC(O)COP(=O)(O)OCC(COC(=O)CCCCCCC/C=C\C/C=C\C/C=C\C/C=C\CCCCC)OC(=O)CCCCCC/C=C\C/C=C\C/C=C\C/C=C\CC. The van der Waals surface area contributed by atoms with Crippen molar-refractivity contribution in [2.75, 3.05) is 39.6 Å². The van der Waals surface area contributed by atoms with Gasteiger partial charge in [-0.05, 0) is 154 Å². The van der Waals surface area contributed by atoms with E-state index in [1.165, 1.54) is 89.9 Å². The van der Waals surface area contributed by atoms with Gasteiger partial charge in [0.1, 0.15) is 25.4 Å². The fourth-order valence-electron chi connectivity index (χ4n) is 10.7. The van der Waals surface area contributed by atoms with Crippen molar-refractivity contribution >= 4 is 33.6 Å². The van der Waals surface area contributed by atoms with Gasteiger partial charge in [-0.2, -0.15) is 0 Å². The molecule has 16 nitrogen and oxygen atoms in total. The Hall–Kier alpha value is -5.09. The van der Waals surface area contributed by atoms with Crippen LogP contribution in [0.25, 0.3) is 0 Å². The summed E-state index contributed by atoms with van der Waals surface area (Å²) in [5.41, 5.74) is 0. The molecule has 0 heterocycles. The zero-order valence-corrected chi connectivity index (χ0v) is 68.5. The van der Waals surface area contributed by atoms with E-state index in [4.69, 9.17) is 32.3 Å². The van der Waals surface area contributed by atoms with Gasteiger partial charge in [0.2, 0.25) is 0 Å². The van der Waals surface area contributed by atoms with Gasteiger partial charge in [-0.3, -0.25) is 32.5 Å². The predicted octanol–water partition coefficient (Wildman–Crippen LogP) is 24.8. The highest BCUT2D eigenvalue weighted by Gasteiger charge is 2.29. The summed E-state index contributed by atoms with van der Waals surface area (Å²) < 4.78 is 61.2. The van der Waals surface area contributed by atoms with Crippen LogP contribution in [0.2, 0.25) is 0 Å². The Labute approximate surface area is 650 Å². The van der Waals surface area contributed by atoms with Crippen molar-refractivity contribution < 1.29 is 75.8 Å². The number of ether oxygens (including phenoxy) is 3. The Morgan fingerprint density at radius 3 is 0.785 bits per heavy atom. The summed E-state index contributed by atoms with van der Waals surface area (Å²) in [7, 11) is -9.82. The number of carbonyl (C=O) groups is 3. The molecule has 0 rings (SSSR count). The van der Waals surface area contributed by atoms with E-state index in [0.717, 1.165) is 167 Å². The Balaban J connectivity index is 4.54. The molecular formula is C89H148O16P2. The maximum Gasteiger partial charge on any atom is 0.472 e. The first-order chi connectivity index (χ1) is 52.2. The molecule has 4 N–H and O–H groups in total. The lowest BCUT2D eigenvalue weighted by molar-refractivity contribution is -0.161. The summed E-state index contributed by atoms with van der Waals surface area (Å²) in [5.74, 6) is -1.63. The third kappa shape index (κ3) is 81.7. The Morgan fingerprint density at radius 1 is 0.271 bits per heavy atom. The fraction of sp³-hybridized carbons (Fsp3) is 0.652. The summed E-state index contributed by atoms with van der Waals surface area (Å²) in [4.78, 5) is 58.7. The van der Waals surface area contributed by atoms with Crippen molar-refractivity contribution in [2.24, 2.45) is 0 Å².